The van der Waals surface area contributed by atoms with Crippen molar-refractivity contribution in [2.24, 2.45) is 5.92 Å². The van der Waals surface area contributed by atoms with Gasteiger partial charge in [0.15, 0.2) is 10.9 Å². The Labute approximate surface area is 256 Å². The fourth-order valence-electron chi connectivity index (χ4n) is 6.69. The number of aromatic nitrogens is 3. The van der Waals surface area contributed by atoms with Crippen LogP contribution in [0.25, 0.3) is 32.2 Å². The van der Waals surface area contributed by atoms with Gasteiger partial charge in [0.2, 0.25) is 0 Å². The van der Waals surface area contributed by atoms with Gasteiger partial charge in [0.05, 0.1) is 21.3 Å². The van der Waals surface area contributed by atoms with Gasteiger partial charge in [-0.05, 0) is 63.9 Å². The number of nitrogens with one attached hydrogen (secondary N) is 1. The summed E-state index contributed by atoms with van der Waals surface area (Å²) >= 11 is 7.79. The molecule has 9 nitrogen and oxygen atoms in total. The Hall–Kier alpha value is -3.37. The summed E-state index contributed by atoms with van der Waals surface area (Å²) in [5, 5.41) is 13.7. The van der Waals surface area contributed by atoms with Gasteiger partial charge in [-0.2, -0.15) is 15.2 Å². The SMILES string of the molecule is C[C@@H](CN1CCC(C#N)CC1)Oc1nc(N2CC3CCC(C2)N3)c2cc(Cl)c(-c3ccc(F)c4sc(N)nc34)c(F)c2n1. The van der Waals surface area contributed by atoms with E-state index in [9.17, 15) is 9.65 Å². The predicted molar refractivity (Wildman–Crippen MR) is 165 cm³/mol. The highest BCUT2D eigenvalue weighted by molar-refractivity contribution is 7.22. The molecule has 0 amide bonds. The summed E-state index contributed by atoms with van der Waals surface area (Å²) in [6.07, 6.45) is 3.54. The average Bonchev–Trinajstić information content (AvgIpc) is 3.55. The van der Waals surface area contributed by atoms with E-state index in [0.717, 1.165) is 63.2 Å². The molecule has 0 radical (unpaired) electrons. The summed E-state index contributed by atoms with van der Waals surface area (Å²) in [6, 6.07) is 7.52. The van der Waals surface area contributed by atoms with Crippen LogP contribution >= 0.6 is 22.9 Å². The maximum absolute atomic E-state index is 16.7. The van der Waals surface area contributed by atoms with E-state index in [0.29, 0.717) is 35.4 Å². The van der Waals surface area contributed by atoms with Crippen molar-refractivity contribution in [1.82, 2.24) is 25.2 Å². The number of halogens is 3. The van der Waals surface area contributed by atoms with E-state index in [2.05, 4.69) is 31.2 Å². The van der Waals surface area contributed by atoms with Gasteiger partial charge in [-0.25, -0.2) is 13.8 Å². The van der Waals surface area contributed by atoms with Crippen molar-refractivity contribution >= 4 is 55.0 Å². The number of fused-ring (bicyclic) bond motifs is 4. The first kappa shape index (κ1) is 28.4. The van der Waals surface area contributed by atoms with E-state index in [1.807, 2.05) is 6.92 Å². The molecule has 7 rings (SSSR count). The van der Waals surface area contributed by atoms with Crippen LogP contribution in [0.4, 0.5) is 19.7 Å². The standard InChI is InChI=1S/C30H31ClF2N8OS/c1-15(12-40-8-6-16(11-34)7-9-40)42-30-38-25-20(28(39-30)41-13-17-2-3-18(14-41)36-17)10-21(31)23(24(25)33)19-4-5-22(32)27-26(19)37-29(35)43-27/h4-5,10,15-18,36H,2-3,6-9,12-14H2,1H3,(H2,35,37)/t15-,17?,18?/m0/s1. The number of benzene rings is 2. The number of piperidine rings is 1. The minimum Gasteiger partial charge on any atom is -0.459 e. The fourth-order valence-corrected chi connectivity index (χ4v) is 7.75. The van der Waals surface area contributed by atoms with Crippen molar-refractivity contribution in [2.75, 3.05) is 43.4 Å². The number of hydrogen-bond donors (Lipinski definition) is 2. The zero-order valence-corrected chi connectivity index (χ0v) is 25.2. The number of nitrogen functional groups attached to an aromatic ring is 1. The molecule has 3 fully saturated rings. The second kappa shape index (κ2) is 11.3. The van der Waals surface area contributed by atoms with Gasteiger partial charge in [-0.15, -0.1) is 0 Å². The van der Waals surface area contributed by atoms with Crippen LogP contribution in [-0.4, -0.2) is 70.8 Å². The Morgan fingerprint density at radius 3 is 2.60 bits per heavy atom. The van der Waals surface area contributed by atoms with Crippen LogP contribution in [-0.2, 0) is 0 Å². The molecule has 2 bridgehead atoms. The van der Waals surface area contributed by atoms with Crippen LogP contribution in [0.15, 0.2) is 18.2 Å². The molecule has 5 heterocycles. The number of nitrogens with two attached hydrogens (primary N) is 1. The lowest BCUT2D eigenvalue weighted by atomic mass is 9.98. The first-order chi connectivity index (χ1) is 20.8. The molecule has 3 N–H and O–H groups in total. The number of ether oxygens (including phenoxy) is 1. The Morgan fingerprint density at radius 1 is 1.14 bits per heavy atom. The number of nitriles is 1. The van der Waals surface area contributed by atoms with Gasteiger partial charge >= 0.3 is 6.01 Å². The van der Waals surface area contributed by atoms with Crippen LogP contribution in [0, 0.1) is 28.9 Å². The Bertz CT molecular complexity index is 1740. The second-order valence-corrected chi connectivity index (χ2v) is 13.2. The number of nitrogens with zero attached hydrogens (tertiary/aromatic N) is 6. The summed E-state index contributed by atoms with van der Waals surface area (Å²) in [5.41, 5.74) is 6.64. The van der Waals surface area contributed by atoms with Gasteiger partial charge in [0.1, 0.15) is 23.3 Å². The van der Waals surface area contributed by atoms with Crippen molar-refractivity contribution < 1.29 is 13.5 Å². The molecule has 0 saturated carbocycles. The third-order valence-electron chi connectivity index (χ3n) is 8.73. The average molecular weight is 625 g/mol. The molecular formula is C30H31ClF2N8OS. The van der Waals surface area contributed by atoms with E-state index >= 15 is 4.39 Å². The molecule has 2 aromatic carbocycles. The van der Waals surface area contributed by atoms with Gasteiger partial charge in [0, 0.05) is 54.1 Å². The summed E-state index contributed by atoms with van der Waals surface area (Å²) in [6.45, 7) is 5.68. The number of hydrogen-bond acceptors (Lipinski definition) is 10. The van der Waals surface area contributed by atoms with Gasteiger partial charge in [-0.3, -0.25) is 4.90 Å². The monoisotopic (exact) mass is 624 g/mol. The number of piperazine rings is 1. The number of anilines is 2. The molecule has 3 aliphatic rings. The molecule has 3 aliphatic heterocycles. The number of likely N-dealkylation sites (tertiary alicyclic amines) is 1. The Balaban J connectivity index is 1.30. The lowest BCUT2D eigenvalue weighted by Gasteiger charge is -2.34. The van der Waals surface area contributed by atoms with E-state index in [4.69, 9.17) is 27.1 Å². The third-order valence-corrected chi connectivity index (χ3v) is 9.92. The molecule has 3 saturated heterocycles. The molecule has 224 valence electrons. The molecule has 4 aromatic rings. The highest BCUT2D eigenvalue weighted by Crippen LogP contribution is 2.43. The first-order valence-corrected chi connectivity index (χ1v) is 15.8. The molecule has 3 atom stereocenters. The van der Waals surface area contributed by atoms with Gasteiger partial charge < -0.3 is 20.7 Å². The molecule has 0 aliphatic carbocycles. The molecule has 43 heavy (non-hydrogen) atoms. The Morgan fingerprint density at radius 2 is 1.88 bits per heavy atom. The van der Waals surface area contributed by atoms with E-state index < -0.39 is 11.6 Å². The van der Waals surface area contributed by atoms with E-state index in [-0.39, 0.29) is 49.5 Å². The van der Waals surface area contributed by atoms with Crippen molar-refractivity contribution in [3.63, 3.8) is 0 Å². The maximum Gasteiger partial charge on any atom is 0.319 e. The summed E-state index contributed by atoms with van der Waals surface area (Å²) in [7, 11) is 0. The highest BCUT2D eigenvalue weighted by atomic mass is 35.5. The normalized spacial score (nSPS) is 21.9. The topological polar surface area (TPSA) is 116 Å². The minimum absolute atomic E-state index is 0.0768. The fraction of sp³-hybridized carbons (Fsp3) is 0.467. The largest absolute Gasteiger partial charge is 0.459 e. The van der Waals surface area contributed by atoms with E-state index in [1.165, 1.54) is 12.1 Å². The van der Waals surface area contributed by atoms with Gasteiger partial charge in [-0.1, -0.05) is 22.9 Å². The van der Waals surface area contributed by atoms with Crippen LogP contribution in [0.2, 0.25) is 5.02 Å². The van der Waals surface area contributed by atoms with Crippen LogP contribution in [0.1, 0.15) is 32.6 Å². The maximum atomic E-state index is 16.7. The Kier molecular flexibility index (Phi) is 7.45. The first-order valence-electron chi connectivity index (χ1n) is 14.6. The van der Waals surface area contributed by atoms with E-state index in [1.54, 1.807) is 6.07 Å². The van der Waals surface area contributed by atoms with Crippen LogP contribution < -0.4 is 20.7 Å². The van der Waals surface area contributed by atoms with Crippen LogP contribution in [0.3, 0.4) is 0 Å². The van der Waals surface area contributed by atoms with Crippen molar-refractivity contribution in [1.29, 1.82) is 5.26 Å². The lowest BCUT2D eigenvalue weighted by Crippen LogP contribution is -2.51. The predicted octanol–water partition coefficient (Wildman–Crippen LogP) is 5.36. The van der Waals surface area contributed by atoms with Crippen molar-refractivity contribution in [3.8, 4) is 23.2 Å². The third kappa shape index (κ3) is 5.33. The molecule has 2 unspecified atom stereocenters. The summed E-state index contributed by atoms with van der Waals surface area (Å²) in [5.74, 6) is -0.459. The summed E-state index contributed by atoms with van der Waals surface area (Å²) in [4.78, 5) is 18.1. The zero-order chi connectivity index (χ0) is 29.8. The minimum atomic E-state index is -0.653. The molecular weight excluding hydrogens is 594 g/mol. The molecule has 2 aromatic heterocycles. The van der Waals surface area contributed by atoms with Crippen LogP contribution in [0.5, 0.6) is 6.01 Å². The smallest absolute Gasteiger partial charge is 0.319 e. The number of rotatable bonds is 6. The lowest BCUT2D eigenvalue weighted by molar-refractivity contribution is 0.115. The summed E-state index contributed by atoms with van der Waals surface area (Å²) < 4.78 is 37.7. The van der Waals surface area contributed by atoms with Crippen molar-refractivity contribution in [2.45, 2.75) is 50.8 Å². The van der Waals surface area contributed by atoms with Gasteiger partial charge in [0.25, 0.3) is 0 Å². The quantitative estimate of drug-likeness (QED) is 0.292. The second-order valence-electron chi connectivity index (χ2n) is 11.8. The number of thiazole rings is 1. The molecule has 13 heteroatoms. The molecule has 0 spiro atoms. The van der Waals surface area contributed by atoms with Crippen molar-refractivity contribution in [3.05, 3.63) is 34.9 Å². The highest BCUT2D eigenvalue weighted by Gasteiger charge is 2.34. The zero-order valence-electron chi connectivity index (χ0n) is 23.6.